The molecule has 0 saturated carbocycles. The summed E-state index contributed by atoms with van der Waals surface area (Å²) in [6.45, 7) is 0. The minimum absolute atomic E-state index is 0.0580. The van der Waals surface area contributed by atoms with Gasteiger partial charge in [0.2, 0.25) is 5.65 Å². The predicted molar refractivity (Wildman–Crippen MR) is 147 cm³/mol. The number of carbonyl (C=O) groups is 2. The quantitative estimate of drug-likeness (QED) is 0.188. The maximum atomic E-state index is 13.4. The third-order valence-electron chi connectivity index (χ3n) is 7.04. The van der Waals surface area contributed by atoms with Crippen LogP contribution in [0.3, 0.4) is 0 Å². The van der Waals surface area contributed by atoms with Crippen LogP contribution in [-0.4, -0.2) is 26.1 Å². The number of rotatable bonds is 3. The van der Waals surface area contributed by atoms with Crippen molar-refractivity contribution >= 4 is 50.7 Å². The van der Waals surface area contributed by atoms with Crippen molar-refractivity contribution in [3.05, 3.63) is 120 Å². The first-order valence-corrected chi connectivity index (χ1v) is 12.4. The van der Waals surface area contributed by atoms with Gasteiger partial charge in [-0.05, 0) is 53.2 Å². The van der Waals surface area contributed by atoms with Gasteiger partial charge in [0.05, 0.1) is 5.57 Å². The molecular formula is C32H17N3O4. The van der Waals surface area contributed by atoms with Crippen molar-refractivity contribution in [3.63, 3.8) is 0 Å². The van der Waals surface area contributed by atoms with Gasteiger partial charge in [-0.25, -0.2) is 0 Å². The van der Waals surface area contributed by atoms with Crippen LogP contribution in [0.1, 0.15) is 26.5 Å². The average molecular weight is 508 g/mol. The number of ketones is 2. The molecule has 7 heteroatoms. The lowest BCUT2D eigenvalue weighted by molar-refractivity contribution is 0.0990. The molecule has 3 aromatic heterocycles. The van der Waals surface area contributed by atoms with Gasteiger partial charge < -0.3 is 8.83 Å². The summed E-state index contributed by atoms with van der Waals surface area (Å²) in [6, 6.07) is 30.3. The summed E-state index contributed by atoms with van der Waals surface area (Å²) in [5.74, 6) is 0.497. The van der Waals surface area contributed by atoms with Crippen LogP contribution >= 0.6 is 0 Å². The number of carbonyl (C=O) groups excluding carboxylic acids is 2. The van der Waals surface area contributed by atoms with E-state index in [9.17, 15) is 9.59 Å². The van der Waals surface area contributed by atoms with E-state index in [1.54, 1.807) is 16.7 Å². The summed E-state index contributed by atoms with van der Waals surface area (Å²) in [7, 11) is 0. The largest absolute Gasteiger partial charge is 0.451 e. The van der Waals surface area contributed by atoms with Gasteiger partial charge >= 0.3 is 0 Å². The molecule has 8 rings (SSSR count). The smallest absolute Gasteiger partial charge is 0.267 e. The molecule has 0 atom stereocenters. The molecule has 0 amide bonds. The Morgan fingerprint density at radius 3 is 2.00 bits per heavy atom. The molecule has 1 aliphatic carbocycles. The van der Waals surface area contributed by atoms with Crippen LogP contribution in [0, 0.1) is 0 Å². The Labute approximate surface area is 220 Å². The van der Waals surface area contributed by atoms with Gasteiger partial charge in [0.15, 0.2) is 17.3 Å². The zero-order valence-corrected chi connectivity index (χ0v) is 20.3. The highest BCUT2D eigenvalue weighted by Gasteiger charge is 2.34. The average Bonchev–Trinajstić information content (AvgIpc) is 3.71. The lowest BCUT2D eigenvalue weighted by atomic mass is 10.0. The second-order valence-electron chi connectivity index (χ2n) is 9.40. The number of allylic oxidation sites excluding steroid dienone is 1. The molecule has 1 aliphatic rings. The maximum Gasteiger partial charge on any atom is 0.267 e. The molecule has 0 N–H and O–H groups in total. The maximum absolute atomic E-state index is 13.4. The van der Waals surface area contributed by atoms with Crippen LogP contribution in [-0.2, 0) is 0 Å². The van der Waals surface area contributed by atoms with E-state index in [-0.39, 0.29) is 22.9 Å². The standard InChI is InChI=1S/C32H17N3O4/c36-28-22-14-18-8-4-5-9-19(18)15-23(22)29(37)24(28)17-27-33-32-30(35(27)21-11-2-1-3-12-21)34-31(39-32)26-16-20-10-6-7-13-25(20)38-26/h1-17H. The number of furan rings is 1. The van der Waals surface area contributed by atoms with Gasteiger partial charge in [0, 0.05) is 22.2 Å². The second kappa shape index (κ2) is 7.97. The molecule has 4 aromatic carbocycles. The number of para-hydroxylation sites is 2. The minimum Gasteiger partial charge on any atom is -0.451 e. The zero-order valence-electron chi connectivity index (χ0n) is 20.3. The molecule has 0 saturated heterocycles. The molecule has 3 heterocycles. The van der Waals surface area contributed by atoms with E-state index in [0.29, 0.717) is 34.2 Å². The number of Topliss-reactive ketones (excluding diaryl/α,β-unsaturated/α-hetero) is 2. The van der Waals surface area contributed by atoms with Crippen molar-refractivity contribution < 1.29 is 18.4 Å². The van der Waals surface area contributed by atoms with Crippen molar-refractivity contribution in [3.8, 4) is 17.3 Å². The number of fused-ring (bicyclic) bond motifs is 4. The monoisotopic (exact) mass is 507 g/mol. The zero-order chi connectivity index (χ0) is 26.1. The van der Waals surface area contributed by atoms with E-state index in [1.807, 2.05) is 84.9 Å². The van der Waals surface area contributed by atoms with Gasteiger partial charge in [-0.15, -0.1) is 0 Å². The third kappa shape index (κ3) is 3.23. The van der Waals surface area contributed by atoms with E-state index in [0.717, 1.165) is 27.4 Å². The number of oxazole rings is 1. The second-order valence-corrected chi connectivity index (χ2v) is 9.40. The number of imidazole rings is 1. The molecule has 0 fully saturated rings. The fourth-order valence-electron chi connectivity index (χ4n) is 5.18. The molecule has 7 aromatic rings. The SMILES string of the molecule is O=C1C(=Cc2nc3oc(-c4cc5ccccc5o4)nc3n2-c2ccccc2)C(=O)c2cc3ccccc3cc21. The molecule has 184 valence electrons. The number of benzene rings is 4. The Balaban J connectivity index is 1.29. The van der Waals surface area contributed by atoms with Gasteiger partial charge in [-0.1, -0.05) is 60.7 Å². The molecule has 39 heavy (non-hydrogen) atoms. The van der Waals surface area contributed by atoms with Crippen LogP contribution in [0.5, 0.6) is 0 Å². The van der Waals surface area contributed by atoms with Gasteiger partial charge in [-0.2, -0.15) is 9.97 Å². The molecule has 0 unspecified atom stereocenters. The first-order valence-electron chi connectivity index (χ1n) is 12.4. The van der Waals surface area contributed by atoms with Gasteiger partial charge in [0.25, 0.3) is 11.6 Å². The number of nitrogens with zero attached hydrogens (tertiary/aromatic N) is 3. The Kier molecular flexibility index (Phi) is 4.40. The van der Waals surface area contributed by atoms with Crippen molar-refractivity contribution in [1.29, 1.82) is 0 Å². The Hall–Kier alpha value is -5.56. The molecule has 0 aliphatic heterocycles. The summed E-state index contributed by atoms with van der Waals surface area (Å²) in [4.78, 5) is 36.2. The Morgan fingerprint density at radius 2 is 1.31 bits per heavy atom. The number of hydrogen-bond acceptors (Lipinski definition) is 6. The highest BCUT2D eigenvalue weighted by molar-refractivity contribution is 6.42. The van der Waals surface area contributed by atoms with E-state index in [2.05, 4.69) is 4.98 Å². The van der Waals surface area contributed by atoms with Crippen LogP contribution in [0.2, 0.25) is 0 Å². The molecule has 0 bridgehead atoms. The van der Waals surface area contributed by atoms with E-state index < -0.39 is 0 Å². The molecule has 0 radical (unpaired) electrons. The fourth-order valence-corrected chi connectivity index (χ4v) is 5.18. The molecule has 7 nitrogen and oxygen atoms in total. The highest BCUT2D eigenvalue weighted by Crippen LogP contribution is 2.34. The van der Waals surface area contributed by atoms with E-state index in [1.165, 1.54) is 6.08 Å². The van der Waals surface area contributed by atoms with Gasteiger partial charge in [0.1, 0.15) is 11.4 Å². The number of aromatic nitrogens is 3. The minimum atomic E-state index is -0.323. The van der Waals surface area contributed by atoms with Crippen molar-refractivity contribution in [2.24, 2.45) is 0 Å². The Morgan fingerprint density at radius 1 is 0.667 bits per heavy atom. The van der Waals surface area contributed by atoms with E-state index in [4.69, 9.17) is 13.8 Å². The first kappa shape index (κ1) is 21.5. The number of hydrogen-bond donors (Lipinski definition) is 0. The van der Waals surface area contributed by atoms with Crippen molar-refractivity contribution in [2.45, 2.75) is 0 Å². The Bertz CT molecular complexity index is 2070. The van der Waals surface area contributed by atoms with Crippen LogP contribution in [0.4, 0.5) is 0 Å². The lowest BCUT2D eigenvalue weighted by Gasteiger charge is -2.05. The van der Waals surface area contributed by atoms with E-state index >= 15 is 0 Å². The van der Waals surface area contributed by atoms with Crippen LogP contribution in [0.25, 0.3) is 56.5 Å². The summed E-state index contributed by atoms with van der Waals surface area (Å²) in [6.07, 6.45) is 1.53. The predicted octanol–water partition coefficient (Wildman–Crippen LogP) is 7.04. The fraction of sp³-hybridized carbons (Fsp3) is 0. The summed E-state index contributed by atoms with van der Waals surface area (Å²) < 4.78 is 13.7. The molecule has 0 spiro atoms. The summed E-state index contributed by atoms with van der Waals surface area (Å²) >= 11 is 0. The third-order valence-corrected chi connectivity index (χ3v) is 7.04. The van der Waals surface area contributed by atoms with Gasteiger partial charge in [-0.3, -0.25) is 14.2 Å². The topological polar surface area (TPSA) is 91.1 Å². The van der Waals surface area contributed by atoms with Crippen LogP contribution < -0.4 is 0 Å². The first-order chi connectivity index (χ1) is 19.1. The van der Waals surface area contributed by atoms with Crippen molar-refractivity contribution in [2.75, 3.05) is 0 Å². The summed E-state index contributed by atoms with van der Waals surface area (Å²) in [5, 5.41) is 2.75. The van der Waals surface area contributed by atoms with Crippen molar-refractivity contribution in [1.82, 2.24) is 14.5 Å². The highest BCUT2D eigenvalue weighted by atomic mass is 16.4. The summed E-state index contributed by atoms with van der Waals surface area (Å²) in [5.41, 5.74) is 3.06. The van der Waals surface area contributed by atoms with Crippen LogP contribution in [0.15, 0.2) is 111 Å². The lowest BCUT2D eigenvalue weighted by Crippen LogP contribution is -2.04. The normalized spacial score (nSPS) is 13.2. The molecular weight excluding hydrogens is 490 g/mol.